The lowest BCUT2D eigenvalue weighted by molar-refractivity contribution is 0.233. The largest absolute Gasteiger partial charge is 0.314 e. The fraction of sp³-hybridized carbons (Fsp3) is 0.400. The van der Waals surface area contributed by atoms with Gasteiger partial charge in [0, 0.05) is 49.0 Å². The van der Waals surface area contributed by atoms with Gasteiger partial charge in [-0.25, -0.2) is 4.68 Å². The number of rotatable bonds is 3. The van der Waals surface area contributed by atoms with Crippen LogP contribution in [0.15, 0.2) is 35.1 Å². The van der Waals surface area contributed by atoms with E-state index < -0.39 is 0 Å². The Labute approximate surface area is 127 Å². The molecule has 0 bridgehead atoms. The molecule has 0 aliphatic carbocycles. The molecule has 1 aliphatic rings. The smallest absolute Gasteiger partial charge is 0.0649 e. The van der Waals surface area contributed by atoms with Gasteiger partial charge < -0.3 is 5.32 Å². The van der Waals surface area contributed by atoms with Crippen molar-refractivity contribution in [3.8, 4) is 5.69 Å². The first-order valence-electron chi connectivity index (χ1n) is 6.95. The number of nitrogens with one attached hydrogen (secondary N) is 1. The Morgan fingerprint density at radius 3 is 2.85 bits per heavy atom. The molecule has 1 saturated heterocycles. The number of piperazine rings is 1. The quantitative estimate of drug-likeness (QED) is 0.935. The van der Waals surface area contributed by atoms with E-state index in [2.05, 4.69) is 62.6 Å². The van der Waals surface area contributed by atoms with Gasteiger partial charge in [-0.2, -0.15) is 5.10 Å². The van der Waals surface area contributed by atoms with Crippen LogP contribution in [0.5, 0.6) is 0 Å². The number of halogens is 1. The van der Waals surface area contributed by atoms with Crippen LogP contribution < -0.4 is 5.32 Å². The lowest BCUT2D eigenvalue weighted by Crippen LogP contribution is -2.42. The van der Waals surface area contributed by atoms with Crippen LogP contribution in [0.1, 0.15) is 11.1 Å². The highest BCUT2D eigenvalue weighted by Crippen LogP contribution is 2.19. The Hall–Kier alpha value is -1.17. The molecule has 0 spiro atoms. The van der Waals surface area contributed by atoms with Crippen molar-refractivity contribution in [2.24, 2.45) is 0 Å². The zero-order valence-corrected chi connectivity index (χ0v) is 13.2. The summed E-state index contributed by atoms with van der Waals surface area (Å²) in [7, 11) is 0. The Morgan fingerprint density at radius 2 is 2.10 bits per heavy atom. The highest BCUT2D eigenvalue weighted by Gasteiger charge is 2.11. The van der Waals surface area contributed by atoms with Gasteiger partial charge in [0.15, 0.2) is 0 Å². The lowest BCUT2D eigenvalue weighted by atomic mass is 10.2. The summed E-state index contributed by atoms with van der Waals surface area (Å²) >= 11 is 3.53. The van der Waals surface area contributed by atoms with Crippen molar-refractivity contribution in [2.45, 2.75) is 13.5 Å². The van der Waals surface area contributed by atoms with Gasteiger partial charge in [-0.3, -0.25) is 4.90 Å². The van der Waals surface area contributed by atoms with Gasteiger partial charge in [0.1, 0.15) is 0 Å². The zero-order valence-electron chi connectivity index (χ0n) is 11.6. The van der Waals surface area contributed by atoms with E-state index in [-0.39, 0.29) is 0 Å². The van der Waals surface area contributed by atoms with Crippen LogP contribution in [0.2, 0.25) is 0 Å². The van der Waals surface area contributed by atoms with Crippen molar-refractivity contribution in [1.29, 1.82) is 0 Å². The minimum Gasteiger partial charge on any atom is -0.314 e. The number of hydrogen-bond acceptors (Lipinski definition) is 3. The number of hydrogen-bond donors (Lipinski definition) is 1. The molecule has 3 rings (SSSR count). The average Bonchev–Trinajstić information content (AvgIpc) is 2.91. The number of aromatic nitrogens is 2. The van der Waals surface area contributed by atoms with Gasteiger partial charge in [-0.05, 0) is 30.7 Å². The van der Waals surface area contributed by atoms with Crippen molar-refractivity contribution in [2.75, 3.05) is 26.2 Å². The normalized spacial score (nSPS) is 16.5. The van der Waals surface area contributed by atoms with Crippen LogP contribution >= 0.6 is 15.9 Å². The van der Waals surface area contributed by atoms with E-state index in [1.54, 1.807) is 0 Å². The number of benzene rings is 1. The molecule has 5 heteroatoms. The topological polar surface area (TPSA) is 33.1 Å². The lowest BCUT2D eigenvalue weighted by Gasteiger charge is -2.26. The molecule has 0 unspecified atom stereocenters. The van der Waals surface area contributed by atoms with E-state index in [1.807, 2.05) is 10.9 Å². The molecule has 1 aromatic carbocycles. The molecule has 0 saturated carbocycles. The molecule has 0 radical (unpaired) electrons. The molecule has 20 heavy (non-hydrogen) atoms. The molecule has 0 atom stereocenters. The molecule has 1 aromatic heterocycles. The summed E-state index contributed by atoms with van der Waals surface area (Å²) < 4.78 is 3.09. The molecular formula is C15H19BrN4. The predicted octanol–water partition coefficient (Wildman–Crippen LogP) is 2.35. The highest BCUT2D eigenvalue weighted by molar-refractivity contribution is 9.10. The molecule has 2 heterocycles. The van der Waals surface area contributed by atoms with Crippen LogP contribution in [0, 0.1) is 6.92 Å². The first kappa shape index (κ1) is 13.8. The summed E-state index contributed by atoms with van der Waals surface area (Å²) in [6, 6.07) is 6.30. The van der Waals surface area contributed by atoms with Gasteiger partial charge in [0.2, 0.25) is 0 Å². The Bertz CT molecular complexity index is 587. The molecular weight excluding hydrogens is 316 g/mol. The van der Waals surface area contributed by atoms with E-state index in [4.69, 9.17) is 0 Å². The molecule has 0 amide bonds. The second kappa shape index (κ2) is 6.08. The van der Waals surface area contributed by atoms with Crippen molar-refractivity contribution in [3.05, 3.63) is 46.2 Å². The third-order valence-corrected chi connectivity index (χ3v) is 4.55. The third kappa shape index (κ3) is 3.11. The van der Waals surface area contributed by atoms with Crippen molar-refractivity contribution < 1.29 is 0 Å². The molecule has 1 fully saturated rings. The van der Waals surface area contributed by atoms with E-state index in [9.17, 15) is 0 Å². The summed E-state index contributed by atoms with van der Waals surface area (Å²) in [5, 5.41) is 7.86. The molecule has 106 valence electrons. The van der Waals surface area contributed by atoms with Crippen molar-refractivity contribution in [3.63, 3.8) is 0 Å². The first-order chi connectivity index (χ1) is 9.72. The van der Waals surface area contributed by atoms with Crippen LogP contribution in [-0.4, -0.2) is 40.9 Å². The fourth-order valence-electron chi connectivity index (χ4n) is 2.48. The maximum absolute atomic E-state index is 4.48. The van der Waals surface area contributed by atoms with E-state index in [1.165, 1.54) is 11.1 Å². The zero-order chi connectivity index (χ0) is 13.9. The minimum atomic E-state index is 0.983. The van der Waals surface area contributed by atoms with Gasteiger partial charge in [-0.15, -0.1) is 0 Å². The van der Waals surface area contributed by atoms with Crippen LogP contribution in [0.4, 0.5) is 0 Å². The summed E-state index contributed by atoms with van der Waals surface area (Å²) in [4.78, 5) is 2.46. The average molecular weight is 335 g/mol. The molecule has 2 aromatic rings. The Morgan fingerprint density at radius 1 is 1.30 bits per heavy atom. The summed E-state index contributed by atoms with van der Waals surface area (Å²) in [5.74, 6) is 0. The van der Waals surface area contributed by atoms with Crippen LogP contribution in [0.3, 0.4) is 0 Å². The predicted molar refractivity (Wildman–Crippen MR) is 84.1 cm³/mol. The molecule has 4 nitrogen and oxygen atoms in total. The highest BCUT2D eigenvalue weighted by atomic mass is 79.9. The summed E-state index contributed by atoms with van der Waals surface area (Å²) in [6.45, 7) is 7.47. The van der Waals surface area contributed by atoms with Gasteiger partial charge in [0.25, 0.3) is 0 Å². The van der Waals surface area contributed by atoms with E-state index in [0.717, 1.165) is 42.9 Å². The van der Waals surface area contributed by atoms with Crippen LogP contribution in [-0.2, 0) is 6.54 Å². The van der Waals surface area contributed by atoms with Gasteiger partial charge in [-0.1, -0.05) is 15.9 Å². The maximum atomic E-state index is 4.48. The SMILES string of the molecule is Cc1cc(-n2cc(CN3CCNCC3)cn2)ccc1Br. The third-order valence-electron chi connectivity index (χ3n) is 3.66. The Balaban J connectivity index is 1.73. The molecule has 1 N–H and O–H groups in total. The summed E-state index contributed by atoms with van der Waals surface area (Å²) in [6.07, 6.45) is 4.10. The van der Waals surface area contributed by atoms with E-state index >= 15 is 0 Å². The standard InChI is InChI=1S/C15H19BrN4/c1-12-8-14(2-3-15(12)16)20-11-13(9-18-20)10-19-6-4-17-5-7-19/h2-3,8-9,11,17H,4-7,10H2,1H3. The minimum absolute atomic E-state index is 0.983. The molecule has 1 aliphatic heterocycles. The van der Waals surface area contributed by atoms with Crippen LogP contribution in [0.25, 0.3) is 5.69 Å². The second-order valence-corrected chi connectivity index (χ2v) is 6.11. The summed E-state index contributed by atoms with van der Waals surface area (Å²) in [5.41, 5.74) is 3.60. The van der Waals surface area contributed by atoms with Crippen molar-refractivity contribution >= 4 is 15.9 Å². The fourth-order valence-corrected chi connectivity index (χ4v) is 2.73. The number of aryl methyl sites for hydroxylation is 1. The Kier molecular flexibility index (Phi) is 4.19. The van der Waals surface area contributed by atoms with E-state index in [0.29, 0.717) is 0 Å². The maximum Gasteiger partial charge on any atom is 0.0649 e. The van der Waals surface area contributed by atoms with Gasteiger partial charge >= 0.3 is 0 Å². The monoisotopic (exact) mass is 334 g/mol. The van der Waals surface area contributed by atoms with Crippen molar-refractivity contribution in [1.82, 2.24) is 20.0 Å². The first-order valence-corrected chi connectivity index (χ1v) is 7.75. The second-order valence-electron chi connectivity index (χ2n) is 5.25. The number of nitrogens with zero attached hydrogens (tertiary/aromatic N) is 3. The van der Waals surface area contributed by atoms with Gasteiger partial charge in [0.05, 0.1) is 11.9 Å².